The van der Waals surface area contributed by atoms with E-state index in [9.17, 15) is 0 Å². The summed E-state index contributed by atoms with van der Waals surface area (Å²) in [5.41, 5.74) is 10.5. The van der Waals surface area contributed by atoms with Gasteiger partial charge < -0.3 is 15.6 Å². The zero-order chi connectivity index (χ0) is 22.4. The van der Waals surface area contributed by atoms with Gasteiger partial charge in [-0.05, 0) is 50.5 Å². The Bertz CT molecular complexity index is 1020. The minimum atomic E-state index is 0.0359. The van der Waals surface area contributed by atoms with Crippen LogP contribution in [0.15, 0.2) is 43.2 Å². The van der Waals surface area contributed by atoms with Gasteiger partial charge in [0.2, 0.25) is 0 Å². The highest BCUT2D eigenvalue weighted by Crippen LogP contribution is 2.33. The second kappa shape index (κ2) is 10.2. The van der Waals surface area contributed by atoms with Crippen molar-refractivity contribution in [1.82, 2.24) is 19.7 Å². The first-order valence-electron chi connectivity index (χ1n) is 10.6. The van der Waals surface area contributed by atoms with Crippen molar-refractivity contribution in [2.75, 3.05) is 12.8 Å². The molecule has 3 N–H and O–H groups in total. The van der Waals surface area contributed by atoms with Gasteiger partial charge in [0.05, 0.1) is 30.3 Å². The lowest BCUT2D eigenvalue weighted by atomic mass is 9.98. The van der Waals surface area contributed by atoms with Crippen LogP contribution in [0, 0.1) is 6.92 Å². The predicted octanol–water partition coefficient (Wildman–Crippen LogP) is 4.57. The fraction of sp³-hybridized carbons (Fsp3) is 0.375. The molecule has 1 aromatic carbocycles. The molecule has 1 saturated carbocycles. The number of aliphatic hydroxyl groups is 1. The lowest BCUT2D eigenvalue weighted by Crippen LogP contribution is -2.09. The number of rotatable bonds is 4. The molecule has 0 atom stereocenters. The quantitative estimate of drug-likeness (QED) is 0.640. The number of hydrogen-bond donors (Lipinski definition) is 2. The molecule has 1 fully saturated rings. The molecule has 7 nitrogen and oxygen atoms in total. The molecule has 1 aliphatic carbocycles. The third kappa shape index (κ3) is 5.49. The van der Waals surface area contributed by atoms with Gasteiger partial charge in [-0.1, -0.05) is 25.8 Å². The molecule has 7 heteroatoms. The Morgan fingerprint density at radius 1 is 1.23 bits per heavy atom. The smallest absolute Gasteiger partial charge is 0.149 e. The lowest BCUT2D eigenvalue weighted by Gasteiger charge is -2.14. The maximum atomic E-state index is 8.91. The van der Waals surface area contributed by atoms with Crippen LogP contribution in [-0.4, -0.2) is 38.1 Å². The molecule has 0 saturated heterocycles. The molecular formula is C24H31N5O2. The minimum absolute atomic E-state index is 0.0359. The van der Waals surface area contributed by atoms with Gasteiger partial charge in [0.25, 0.3) is 0 Å². The highest BCUT2D eigenvalue weighted by Gasteiger charge is 2.16. The number of aromatic nitrogens is 4. The summed E-state index contributed by atoms with van der Waals surface area (Å²) >= 11 is 0. The molecular weight excluding hydrogens is 390 g/mol. The second-order valence-electron chi connectivity index (χ2n) is 7.80. The first-order chi connectivity index (χ1) is 14.9. The van der Waals surface area contributed by atoms with Crippen molar-refractivity contribution in [3.8, 4) is 22.7 Å². The molecule has 0 bridgehead atoms. The topological polar surface area (TPSA) is 99.1 Å². The number of nitrogens with two attached hydrogens (primary N) is 1. The summed E-state index contributed by atoms with van der Waals surface area (Å²) in [6.45, 7) is 7.65. The Labute approximate surface area is 183 Å². The second-order valence-corrected chi connectivity index (χ2v) is 7.80. The van der Waals surface area contributed by atoms with E-state index in [1.165, 1.54) is 19.3 Å². The molecule has 31 heavy (non-hydrogen) atoms. The Hall–Kier alpha value is -3.19. The fourth-order valence-electron chi connectivity index (χ4n) is 3.63. The number of benzene rings is 1. The van der Waals surface area contributed by atoms with Crippen LogP contribution in [0.2, 0.25) is 0 Å². The maximum absolute atomic E-state index is 8.91. The van der Waals surface area contributed by atoms with Gasteiger partial charge in [-0.3, -0.25) is 0 Å². The van der Waals surface area contributed by atoms with Crippen molar-refractivity contribution in [2.24, 2.45) is 0 Å². The highest BCUT2D eigenvalue weighted by atomic mass is 16.5. The van der Waals surface area contributed by atoms with Gasteiger partial charge in [0.15, 0.2) is 0 Å². The molecule has 4 rings (SSSR count). The molecule has 164 valence electrons. The molecule has 0 radical (unpaired) electrons. The van der Waals surface area contributed by atoms with Crippen molar-refractivity contribution in [3.05, 3.63) is 54.6 Å². The number of hydrogen-bond acceptors (Lipinski definition) is 6. The molecule has 2 heterocycles. The van der Waals surface area contributed by atoms with Gasteiger partial charge in [-0.25, -0.2) is 14.6 Å². The first-order valence-corrected chi connectivity index (χ1v) is 10.6. The number of nitrogen functional groups attached to an aromatic ring is 1. The number of ether oxygens (including phenoxy) is 1. The summed E-state index contributed by atoms with van der Waals surface area (Å²) in [6, 6.07) is 7.70. The average molecular weight is 422 g/mol. The van der Waals surface area contributed by atoms with Gasteiger partial charge in [0.1, 0.15) is 17.3 Å². The maximum Gasteiger partial charge on any atom is 0.149 e. The van der Waals surface area contributed by atoms with Crippen LogP contribution < -0.4 is 10.5 Å². The van der Waals surface area contributed by atoms with Crippen LogP contribution in [0.5, 0.6) is 5.75 Å². The number of aliphatic hydroxyl groups excluding tert-OH is 1. The Morgan fingerprint density at radius 2 is 1.97 bits per heavy atom. The number of anilines is 1. The Kier molecular flexibility index (Phi) is 7.41. The zero-order valence-electron chi connectivity index (χ0n) is 18.5. The van der Waals surface area contributed by atoms with E-state index in [0.717, 1.165) is 41.1 Å². The zero-order valence-corrected chi connectivity index (χ0v) is 18.5. The standard InChI is InChI=1S/C18H19N5O.C6H12O/c1-11(2)16-18(19)21-12(3)17(22-16)14-7-6-13(10-15(14)24-4)23-9-5-8-20-23;7-6-4-2-1-3-5-6/h5-10H,1H2,2-4H3,(H2,19,21);6-7H,1-5H2. The molecule has 1 aliphatic rings. The van der Waals surface area contributed by atoms with E-state index in [1.807, 2.05) is 44.3 Å². The lowest BCUT2D eigenvalue weighted by molar-refractivity contribution is 0.130. The fourth-order valence-corrected chi connectivity index (χ4v) is 3.63. The van der Waals surface area contributed by atoms with Crippen molar-refractivity contribution >= 4 is 11.4 Å². The third-order valence-corrected chi connectivity index (χ3v) is 5.29. The van der Waals surface area contributed by atoms with Crippen molar-refractivity contribution in [3.63, 3.8) is 0 Å². The van der Waals surface area contributed by atoms with E-state index in [-0.39, 0.29) is 6.10 Å². The van der Waals surface area contributed by atoms with Crippen molar-refractivity contribution in [1.29, 1.82) is 0 Å². The summed E-state index contributed by atoms with van der Waals surface area (Å²) in [4.78, 5) is 9.05. The number of aryl methyl sites for hydroxylation is 1. The van der Waals surface area contributed by atoms with E-state index >= 15 is 0 Å². The van der Waals surface area contributed by atoms with Gasteiger partial charge in [-0.2, -0.15) is 5.10 Å². The van der Waals surface area contributed by atoms with Gasteiger partial charge in [-0.15, -0.1) is 0 Å². The summed E-state index contributed by atoms with van der Waals surface area (Å²) in [5.74, 6) is 1.08. The Balaban J connectivity index is 0.000000330. The van der Waals surface area contributed by atoms with E-state index in [2.05, 4.69) is 21.6 Å². The highest BCUT2D eigenvalue weighted by molar-refractivity contribution is 5.75. The molecule has 0 unspecified atom stereocenters. The summed E-state index contributed by atoms with van der Waals surface area (Å²) in [6.07, 6.45) is 9.53. The Morgan fingerprint density at radius 3 is 2.52 bits per heavy atom. The molecule has 2 aromatic heterocycles. The minimum Gasteiger partial charge on any atom is -0.496 e. The monoisotopic (exact) mass is 421 g/mol. The van der Waals surface area contributed by atoms with Crippen LogP contribution in [-0.2, 0) is 0 Å². The summed E-state index contributed by atoms with van der Waals surface area (Å²) < 4.78 is 7.33. The number of allylic oxidation sites excluding steroid dienone is 1. The van der Waals surface area contributed by atoms with Crippen LogP contribution in [0.1, 0.15) is 50.4 Å². The van der Waals surface area contributed by atoms with Crippen molar-refractivity contribution in [2.45, 2.75) is 52.1 Å². The van der Waals surface area contributed by atoms with E-state index in [4.69, 9.17) is 15.6 Å². The third-order valence-electron chi connectivity index (χ3n) is 5.29. The average Bonchev–Trinajstić information content (AvgIpc) is 3.29. The normalized spacial score (nSPS) is 13.9. The number of nitrogens with zero attached hydrogens (tertiary/aromatic N) is 4. The van der Waals surface area contributed by atoms with Gasteiger partial charge >= 0.3 is 0 Å². The van der Waals surface area contributed by atoms with Crippen LogP contribution in [0.4, 0.5) is 5.82 Å². The molecule has 0 spiro atoms. The molecule has 3 aromatic rings. The largest absolute Gasteiger partial charge is 0.496 e. The van der Waals surface area contributed by atoms with E-state index in [1.54, 1.807) is 18.0 Å². The SMILES string of the molecule is C=C(C)c1nc(-c2ccc(-n3cccn3)cc2OC)c(C)nc1N.OC1CCCCC1. The van der Waals surface area contributed by atoms with Gasteiger partial charge in [0, 0.05) is 24.0 Å². The summed E-state index contributed by atoms with van der Waals surface area (Å²) in [5, 5.41) is 13.1. The first kappa shape index (κ1) is 22.5. The van der Waals surface area contributed by atoms with Crippen LogP contribution in [0.3, 0.4) is 0 Å². The van der Waals surface area contributed by atoms with E-state index < -0.39 is 0 Å². The van der Waals surface area contributed by atoms with Crippen LogP contribution >= 0.6 is 0 Å². The number of methoxy groups -OCH3 is 1. The predicted molar refractivity (Wildman–Crippen MR) is 124 cm³/mol. The molecule has 0 aliphatic heterocycles. The van der Waals surface area contributed by atoms with Crippen LogP contribution in [0.25, 0.3) is 22.5 Å². The summed E-state index contributed by atoms with van der Waals surface area (Å²) in [7, 11) is 1.63. The van der Waals surface area contributed by atoms with Crippen molar-refractivity contribution < 1.29 is 9.84 Å². The molecule has 0 amide bonds. The van der Waals surface area contributed by atoms with E-state index in [0.29, 0.717) is 17.3 Å².